The third-order valence-electron chi connectivity index (χ3n) is 2.67. The Morgan fingerprint density at radius 2 is 2.00 bits per heavy atom. The summed E-state index contributed by atoms with van der Waals surface area (Å²) < 4.78 is 10.6. The van der Waals surface area contributed by atoms with Gasteiger partial charge in [0.1, 0.15) is 10.6 Å². The van der Waals surface area contributed by atoms with Crippen molar-refractivity contribution in [3.63, 3.8) is 0 Å². The molecule has 0 aliphatic carbocycles. The Hall–Kier alpha value is -2.01. The highest BCUT2D eigenvalue weighted by molar-refractivity contribution is 7.18. The maximum Gasteiger partial charge on any atom is 0.350 e. The summed E-state index contributed by atoms with van der Waals surface area (Å²) >= 11 is 1.32. The molecular weight excluding hydrogens is 274 g/mol. The molecule has 4 nitrogen and oxygen atoms in total. The van der Waals surface area contributed by atoms with Crippen molar-refractivity contribution in [2.75, 3.05) is 18.9 Å². The molecule has 106 valence electrons. The summed E-state index contributed by atoms with van der Waals surface area (Å²) in [5, 5.41) is 0. The lowest BCUT2D eigenvalue weighted by Crippen LogP contribution is -2.04. The van der Waals surface area contributed by atoms with E-state index in [1.165, 1.54) is 11.3 Å². The number of hydrogen-bond donors (Lipinski definition) is 1. The molecule has 0 saturated heterocycles. The predicted molar refractivity (Wildman–Crippen MR) is 81.3 cm³/mol. The van der Waals surface area contributed by atoms with E-state index in [-0.39, 0.29) is 5.97 Å². The number of nitrogen functional groups attached to an aromatic ring is 1. The third kappa shape index (κ3) is 2.93. The molecule has 0 amide bonds. The number of rotatable bonds is 5. The first kappa shape index (κ1) is 14.4. The predicted octanol–water partition coefficient (Wildman–Crippen LogP) is 3.57. The minimum absolute atomic E-state index is 0.334. The van der Waals surface area contributed by atoms with Crippen LogP contribution in [0.1, 0.15) is 23.5 Å². The van der Waals surface area contributed by atoms with Gasteiger partial charge < -0.3 is 15.2 Å². The van der Waals surface area contributed by atoms with Gasteiger partial charge >= 0.3 is 5.97 Å². The first-order valence-corrected chi connectivity index (χ1v) is 7.27. The number of carbonyl (C=O) groups excluding carboxylic acids is 1. The smallest absolute Gasteiger partial charge is 0.350 e. The zero-order chi connectivity index (χ0) is 14.5. The van der Waals surface area contributed by atoms with E-state index in [4.69, 9.17) is 15.2 Å². The number of anilines is 1. The zero-order valence-electron chi connectivity index (χ0n) is 11.5. The fourth-order valence-electron chi connectivity index (χ4n) is 1.85. The van der Waals surface area contributed by atoms with Gasteiger partial charge in [0, 0.05) is 10.4 Å². The molecule has 5 heteroatoms. The minimum atomic E-state index is -0.379. The van der Waals surface area contributed by atoms with Crippen LogP contribution in [0.2, 0.25) is 0 Å². The molecule has 2 N–H and O–H groups in total. The summed E-state index contributed by atoms with van der Waals surface area (Å²) in [6, 6.07) is 9.48. The van der Waals surface area contributed by atoms with E-state index in [1.54, 1.807) is 13.0 Å². The van der Waals surface area contributed by atoms with Gasteiger partial charge in [-0.05, 0) is 32.0 Å². The number of esters is 1. The van der Waals surface area contributed by atoms with Crippen LogP contribution in [0.4, 0.5) is 5.69 Å². The number of nitrogens with two attached hydrogens (primary N) is 1. The second kappa shape index (κ2) is 6.43. The van der Waals surface area contributed by atoms with Gasteiger partial charge in [-0.3, -0.25) is 0 Å². The van der Waals surface area contributed by atoms with Crippen LogP contribution in [0.25, 0.3) is 10.4 Å². The Kier molecular flexibility index (Phi) is 4.63. The monoisotopic (exact) mass is 291 g/mol. The van der Waals surface area contributed by atoms with Crippen molar-refractivity contribution < 1.29 is 14.3 Å². The van der Waals surface area contributed by atoms with Crippen molar-refractivity contribution >= 4 is 23.0 Å². The highest BCUT2D eigenvalue weighted by Gasteiger charge is 2.17. The maximum atomic E-state index is 11.8. The highest BCUT2D eigenvalue weighted by Crippen LogP contribution is 2.38. The van der Waals surface area contributed by atoms with Crippen molar-refractivity contribution in [2.45, 2.75) is 13.8 Å². The molecule has 0 unspecified atom stereocenters. The molecule has 0 aliphatic heterocycles. The van der Waals surface area contributed by atoms with Crippen molar-refractivity contribution in [1.82, 2.24) is 0 Å². The second-order valence-electron chi connectivity index (χ2n) is 4.04. The molecule has 0 atom stereocenters. The molecule has 0 bridgehead atoms. The van der Waals surface area contributed by atoms with E-state index in [2.05, 4.69) is 0 Å². The molecule has 0 spiro atoms. The largest absolute Gasteiger partial charge is 0.493 e. The van der Waals surface area contributed by atoms with Gasteiger partial charge in [0.25, 0.3) is 0 Å². The number of benzene rings is 1. The van der Waals surface area contributed by atoms with Gasteiger partial charge in [0.05, 0.1) is 18.9 Å². The van der Waals surface area contributed by atoms with Crippen LogP contribution in [0.5, 0.6) is 5.75 Å². The topological polar surface area (TPSA) is 61.5 Å². The summed E-state index contributed by atoms with van der Waals surface area (Å²) in [7, 11) is 0. The normalized spacial score (nSPS) is 10.3. The van der Waals surface area contributed by atoms with Crippen molar-refractivity contribution in [3.8, 4) is 16.2 Å². The molecule has 0 aliphatic rings. The molecular formula is C15H17NO3S. The summed E-state index contributed by atoms with van der Waals surface area (Å²) in [6.07, 6.45) is 0. The van der Waals surface area contributed by atoms with Crippen LogP contribution in [0.15, 0.2) is 30.3 Å². The van der Waals surface area contributed by atoms with E-state index >= 15 is 0 Å². The Labute approximate surface area is 122 Å². The fraction of sp³-hybridized carbons (Fsp3) is 0.267. The lowest BCUT2D eigenvalue weighted by molar-refractivity contribution is 0.0533. The van der Waals surface area contributed by atoms with Crippen LogP contribution in [0.3, 0.4) is 0 Å². The second-order valence-corrected chi connectivity index (χ2v) is 5.10. The molecule has 0 saturated carbocycles. The molecule has 1 aromatic heterocycles. The SMILES string of the molecule is CCOC(=O)c1sc(-c2ccccc2OCC)cc1N. The van der Waals surface area contributed by atoms with Crippen LogP contribution in [-0.2, 0) is 4.74 Å². The van der Waals surface area contributed by atoms with Gasteiger partial charge in [-0.2, -0.15) is 0 Å². The number of hydrogen-bond acceptors (Lipinski definition) is 5. The summed E-state index contributed by atoms with van der Waals surface area (Å²) in [6.45, 7) is 4.63. The summed E-state index contributed by atoms with van der Waals surface area (Å²) in [4.78, 5) is 13.1. The number of thiophene rings is 1. The van der Waals surface area contributed by atoms with E-state index in [9.17, 15) is 4.79 Å². The lowest BCUT2D eigenvalue weighted by atomic mass is 10.1. The van der Waals surface area contributed by atoms with E-state index in [1.807, 2.05) is 31.2 Å². The van der Waals surface area contributed by atoms with Crippen LogP contribution in [0, 0.1) is 0 Å². The first-order chi connectivity index (χ1) is 9.67. The first-order valence-electron chi connectivity index (χ1n) is 6.46. The zero-order valence-corrected chi connectivity index (χ0v) is 12.3. The Morgan fingerprint density at radius 3 is 2.70 bits per heavy atom. The number of ether oxygens (including phenoxy) is 2. The quantitative estimate of drug-likeness (QED) is 0.855. The molecule has 20 heavy (non-hydrogen) atoms. The average molecular weight is 291 g/mol. The van der Waals surface area contributed by atoms with Gasteiger partial charge in [-0.15, -0.1) is 11.3 Å². The minimum Gasteiger partial charge on any atom is -0.493 e. The van der Waals surface area contributed by atoms with Crippen molar-refractivity contribution in [1.29, 1.82) is 0 Å². The lowest BCUT2D eigenvalue weighted by Gasteiger charge is -2.07. The van der Waals surface area contributed by atoms with E-state index in [0.717, 1.165) is 16.2 Å². The molecule has 0 fully saturated rings. The van der Waals surface area contributed by atoms with Gasteiger partial charge in [-0.25, -0.2) is 4.79 Å². The van der Waals surface area contributed by atoms with Crippen LogP contribution < -0.4 is 10.5 Å². The van der Waals surface area contributed by atoms with E-state index in [0.29, 0.717) is 23.8 Å². The maximum absolute atomic E-state index is 11.8. The number of para-hydroxylation sites is 1. The Balaban J connectivity index is 2.39. The van der Waals surface area contributed by atoms with E-state index < -0.39 is 0 Å². The highest BCUT2D eigenvalue weighted by atomic mass is 32.1. The van der Waals surface area contributed by atoms with Gasteiger partial charge in [-0.1, -0.05) is 12.1 Å². The molecule has 0 radical (unpaired) electrons. The fourth-order valence-corrected chi connectivity index (χ4v) is 2.85. The van der Waals surface area contributed by atoms with Crippen molar-refractivity contribution in [2.24, 2.45) is 0 Å². The van der Waals surface area contributed by atoms with Crippen molar-refractivity contribution in [3.05, 3.63) is 35.2 Å². The Bertz CT molecular complexity index is 607. The standard InChI is InChI=1S/C15H17NO3S/c1-3-18-12-8-6-5-7-10(12)13-9-11(16)14(20-13)15(17)19-4-2/h5-9H,3-4,16H2,1-2H3. The Morgan fingerprint density at radius 1 is 1.25 bits per heavy atom. The van der Waals surface area contributed by atoms with Crippen LogP contribution in [-0.4, -0.2) is 19.2 Å². The summed E-state index contributed by atoms with van der Waals surface area (Å²) in [5.41, 5.74) is 7.27. The molecule has 2 aromatic rings. The molecule has 2 rings (SSSR count). The third-order valence-corrected chi connectivity index (χ3v) is 3.84. The average Bonchev–Trinajstić information content (AvgIpc) is 2.82. The van der Waals surface area contributed by atoms with Crippen LogP contribution >= 0.6 is 11.3 Å². The van der Waals surface area contributed by atoms with Gasteiger partial charge in [0.2, 0.25) is 0 Å². The molecule has 1 heterocycles. The molecule has 1 aromatic carbocycles. The van der Waals surface area contributed by atoms with Gasteiger partial charge in [0.15, 0.2) is 0 Å². The summed E-state index contributed by atoms with van der Waals surface area (Å²) in [5.74, 6) is 0.404. The number of carbonyl (C=O) groups is 1.